The number of halogens is 3. The van der Waals surface area contributed by atoms with Crippen molar-refractivity contribution < 1.29 is 27.5 Å². The van der Waals surface area contributed by atoms with Gasteiger partial charge < -0.3 is 19.4 Å². The van der Waals surface area contributed by atoms with E-state index in [1.165, 1.54) is 6.07 Å². The standard InChI is InChI=1S/C28H32F3N3O3/c1-2-37-27(36)19-10-12-32(13-11-19)26(35)23-17-20-16-21(28(29,30)31)8-9-24(20)34-15-14-33(18-25(23)34)22-6-4-3-5-7-22/h3-9,16,19,23,25H,2,10-15,17-18H2,1H3. The maximum Gasteiger partial charge on any atom is 0.416 e. The smallest absolute Gasteiger partial charge is 0.416 e. The van der Waals surface area contributed by atoms with Crippen molar-refractivity contribution in [1.82, 2.24) is 4.90 Å². The Morgan fingerprint density at radius 3 is 2.41 bits per heavy atom. The number of piperazine rings is 1. The molecule has 3 heterocycles. The van der Waals surface area contributed by atoms with E-state index in [-0.39, 0.29) is 30.3 Å². The quantitative estimate of drug-likeness (QED) is 0.566. The van der Waals surface area contributed by atoms with Crippen molar-refractivity contribution in [2.24, 2.45) is 11.8 Å². The molecule has 0 saturated carbocycles. The van der Waals surface area contributed by atoms with Crippen LogP contribution >= 0.6 is 0 Å². The van der Waals surface area contributed by atoms with Gasteiger partial charge in [-0.3, -0.25) is 9.59 Å². The molecule has 2 fully saturated rings. The summed E-state index contributed by atoms with van der Waals surface area (Å²) in [5.41, 5.74) is 1.74. The van der Waals surface area contributed by atoms with Gasteiger partial charge in [-0.25, -0.2) is 0 Å². The molecule has 3 aliphatic rings. The van der Waals surface area contributed by atoms with Crippen LogP contribution in [0, 0.1) is 11.8 Å². The van der Waals surface area contributed by atoms with Crippen molar-refractivity contribution >= 4 is 23.3 Å². The molecule has 6 nitrogen and oxygen atoms in total. The number of ether oxygens (including phenoxy) is 1. The molecule has 2 aromatic rings. The SMILES string of the molecule is CCOC(=O)C1CCN(C(=O)C2Cc3cc(C(F)(F)F)ccc3N3CCN(c4ccccc4)CC23)CC1. The van der Waals surface area contributed by atoms with E-state index in [2.05, 4.69) is 9.80 Å². The summed E-state index contributed by atoms with van der Waals surface area (Å²) in [6, 6.07) is 13.8. The number of hydrogen-bond acceptors (Lipinski definition) is 5. The second-order valence-electron chi connectivity index (χ2n) is 10.0. The number of carbonyl (C=O) groups is 2. The van der Waals surface area contributed by atoms with Crippen LogP contribution in [0.4, 0.5) is 24.5 Å². The van der Waals surface area contributed by atoms with Crippen LogP contribution in [0.3, 0.4) is 0 Å². The number of piperidine rings is 1. The van der Waals surface area contributed by atoms with Gasteiger partial charge in [0.05, 0.1) is 30.0 Å². The highest BCUT2D eigenvalue weighted by Crippen LogP contribution is 2.41. The lowest BCUT2D eigenvalue weighted by Crippen LogP contribution is -2.62. The van der Waals surface area contributed by atoms with Gasteiger partial charge >= 0.3 is 12.1 Å². The third-order valence-electron chi connectivity index (χ3n) is 7.90. The fourth-order valence-electron chi connectivity index (χ4n) is 5.99. The van der Waals surface area contributed by atoms with Crippen molar-refractivity contribution in [2.45, 2.75) is 38.4 Å². The average molecular weight is 516 g/mol. The van der Waals surface area contributed by atoms with E-state index in [0.29, 0.717) is 57.7 Å². The Morgan fingerprint density at radius 2 is 1.73 bits per heavy atom. The molecular formula is C28H32F3N3O3. The summed E-state index contributed by atoms with van der Waals surface area (Å²) in [5.74, 6) is -0.958. The lowest BCUT2D eigenvalue weighted by molar-refractivity contribution is -0.152. The summed E-state index contributed by atoms with van der Waals surface area (Å²) in [4.78, 5) is 32.2. The number of amides is 1. The fourth-order valence-corrected chi connectivity index (χ4v) is 5.99. The molecule has 5 rings (SSSR count). The summed E-state index contributed by atoms with van der Waals surface area (Å²) in [6.45, 7) is 4.94. The second kappa shape index (κ2) is 10.3. The number of anilines is 2. The molecule has 0 aliphatic carbocycles. The fraction of sp³-hybridized carbons (Fsp3) is 0.500. The zero-order valence-electron chi connectivity index (χ0n) is 20.9. The van der Waals surface area contributed by atoms with Crippen molar-refractivity contribution in [3.63, 3.8) is 0 Å². The summed E-state index contributed by atoms with van der Waals surface area (Å²) in [5, 5.41) is 0. The van der Waals surface area contributed by atoms with E-state index in [1.807, 2.05) is 30.3 Å². The second-order valence-corrected chi connectivity index (χ2v) is 10.0. The Morgan fingerprint density at radius 1 is 1.00 bits per heavy atom. The number of likely N-dealkylation sites (tertiary alicyclic amines) is 1. The summed E-state index contributed by atoms with van der Waals surface area (Å²) >= 11 is 0. The minimum Gasteiger partial charge on any atom is -0.466 e. The zero-order chi connectivity index (χ0) is 26.2. The molecular weight excluding hydrogens is 483 g/mol. The molecule has 0 N–H and O–H groups in total. The zero-order valence-corrected chi connectivity index (χ0v) is 20.9. The van der Waals surface area contributed by atoms with Crippen LogP contribution in [0.5, 0.6) is 0 Å². The van der Waals surface area contributed by atoms with Gasteiger partial charge in [-0.05, 0) is 62.1 Å². The first kappa shape index (κ1) is 25.4. The number of esters is 1. The van der Waals surface area contributed by atoms with E-state index < -0.39 is 17.7 Å². The number of hydrogen-bond donors (Lipinski definition) is 0. The number of carbonyl (C=O) groups excluding carboxylic acids is 2. The first-order valence-corrected chi connectivity index (χ1v) is 13.0. The van der Waals surface area contributed by atoms with E-state index in [1.54, 1.807) is 17.9 Å². The van der Waals surface area contributed by atoms with Gasteiger partial charge in [0, 0.05) is 44.1 Å². The Hall–Kier alpha value is -3.23. The van der Waals surface area contributed by atoms with Gasteiger partial charge in [-0.2, -0.15) is 13.2 Å². The van der Waals surface area contributed by atoms with Crippen LogP contribution in [0.15, 0.2) is 48.5 Å². The van der Waals surface area contributed by atoms with Crippen molar-refractivity contribution in [2.75, 3.05) is 49.1 Å². The number of para-hydroxylation sites is 1. The Kier molecular flexibility index (Phi) is 7.05. The predicted octanol–water partition coefficient (Wildman–Crippen LogP) is 4.37. The van der Waals surface area contributed by atoms with Gasteiger partial charge in [-0.15, -0.1) is 0 Å². The van der Waals surface area contributed by atoms with E-state index >= 15 is 0 Å². The molecule has 198 valence electrons. The first-order chi connectivity index (χ1) is 17.8. The Bertz CT molecular complexity index is 1130. The number of nitrogens with zero attached hydrogens (tertiary/aromatic N) is 3. The lowest BCUT2D eigenvalue weighted by Gasteiger charge is -2.50. The van der Waals surface area contributed by atoms with Crippen molar-refractivity contribution in [3.05, 3.63) is 59.7 Å². The minimum atomic E-state index is -4.44. The molecule has 1 amide bonds. The van der Waals surface area contributed by atoms with Crippen LogP contribution in [0.25, 0.3) is 0 Å². The lowest BCUT2D eigenvalue weighted by atomic mass is 9.81. The summed E-state index contributed by atoms with van der Waals surface area (Å²) in [6.07, 6.45) is -3.10. The monoisotopic (exact) mass is 515 g/mol. The number of rotatable bonds is 4. The highest BCUT2D eigenvalue weighted by Gasteiger charge is 2.44. The van der Waals surface area contributed by atoms with Crippen molar-refractivity contribution in [1.29, 1.82) is 0 Å². The van der Waals surface area contributed by atoms with Gasteiger partial charge in [-0.1, -0.05) is 18.2 Å². The molecule has 2 atom stereocenters. The predicted molar refractivity (Wildman–Crippen MR) is 134 cm³/mol. The number of fused-ring (bicyclic) bond motifs is 3. The van der Waals surface area contributed by atoms with Crippen LogP contribution in [-0.4, -0.2) is 62.1 Å². The molecule has 0 radical (unpaired) electrons. The van der Waals surface area contributed by atoms with Crippen LogP contribution in [-0.2, 0) is 26.9 Å². The van der Waals surface area contributed by atoms with Gasteiger partial charge in [0.2, 0.25) is 5.91 Å². The number of alkyl halides is 3. The molecule has 9 heteroatoms. The largest absolute Gasteiger partial charge is 0.466 e. The van der Waals surface area contributed by atoms with E-state index in [4.69, 9.17) is 4.74 Å². The van der Waals surface area contributed by atoms with Gasteiger partial charge in [0.15, 0.2) is 0 Å². The molecule has 2 unspecified atom stereocenters. The van der Waals surface area contributed by atoms with Crippen molar-refractivity contribution in [3.8, 4) is 0 Å². The third kappa shape index (κ3) is 5.13. The van der Waals surface area contributed by atoms with Gasteiger partial charge in [0.25, 0.3) is 0 Å². The van der Waals surface area contributed by atoms with Crippen LogP contribution < -0.4 is 9.80 Å². The molecule has 37 heavy (non-hydrogen) atoms. The third-order valence-corrected chi connectivity index (χ3v) is 7.90. The molecule has 0 aromatic heterocycles. The molecule has 0 bridgehead atoms. The highest BCUT2D eigenvalue weighted by molar-refractivity contribution is 5.83. The molecule has 2 saturated heterocycles. The number of benzene rings is 2. The Labute approximate surface area is 215 Å². The van der Waals surface area contributed by atoms with Gasteiger partial charge in [0.1, 0.15) is 0 Å². The minimum absolute atomic E-state index is 0.0460. The molecule has 0 spiro atoms. The average Bonchev–Trinajstić information content (AvgIpc) is 2.91. The first-order valence-electron chi connectivity index (χ1n) is 13.0. The van der Waals surface area contributed by atoms with E-state index in [0.717, 1.165) is 17.4 Å². The normalized spacial score (nSPS) is 22.3. The Balaban J connectivity index is 1.41. The van der Waals surface area contributed by atoms with Crippen LogP contribution in [0.2, 0.25) is 0 Å². The maximum atomic E-state index is 13.9. The summed E-state index contributed by atoms with van der Waals surface area (Å²) < 4.78 is 45.6. The van der Waals surface area contributed by atoms with Crippen LogP contribution in [0.1, 0.15) is 30.9 Å². The summed E-state index contributed by atoms with van der Waals surface area (Å²) in [7, 11) is 0. The highest BCUT2D eigenvalue weighted by atomic mass is 19.4. The maximum absolute atomic E-state index is 13.9. The molecule has 2 aromatic carbocycles. The topological polar surface area (TPSA) is 53.1 Å². The molecule has 3 aliphatic heterocycles. The van der Waals surface area contributed by atoms with E-state index in [9.17, 15) is 22.8 Å².